The SMILES string of the molecule is CCCNc1ncc(F)c(-c2ccc(C)nc2)n1. The van der Waals surface area contributed by atoms with Crippen molar-refractivity contribution in [3.8, 4) is 11.3 Å². The molecule has 2 heterocycles. The zero-order valence-corrected chi connectivity index (χ0v) is 10.4. The average Bonchev–Trinajstić information content (AvgIpc) is 2.39. The summed E-state index contributed by atoms with van der Waals surface area (Å²) in [4.78, 5) is 12.2. The first-order valence-electron chi connectivity index (χ1n) is 5.90. The first-order valence-corrected chi connectivity index (χ1v) is 5.90. The Morgan fingerprint density at radius 2 is 2.06 bits per heavy atom. The Labute approximate surface area is 105 Å². The molecule has 0 spiro atoms. The van der Waals surface area contributed by atoms with Gasteiger partial charge in [0.2, 0.25) is 5.95 Å². The molecule has 0 unspecified atom stereocenters. The van der Waals surface area contributed by atoms with E-state index < -0.39 is 5.82 Å². The fourth-order valence-electron chi connectivity index (χ4n) is 1.50. The van der Waals surface area contributed by atoms with Crippen LogP contribution in [-0.4, -0.2) is 21.5 Å². The molecule has 1 N–H and O–H groups in total. The second-order valence-corrected chi connectivity index (χ2v) is 4.01. The Hall–Kier alpha value is -2.04. The lowest BCUT2D eigenvalue weighted by Gasteiger charge is -2.06. The Bertz CT molecular complexity index is 525. The number of hydrogen-bond acceptors (Lipinski definition) is 4. The number of rotatable bonds is 4. The van der Waals surface area contributed by atoms with Crippen LogP contribution >= 0.6 is 0 Å². The van der Waals surface area contributed by atoms with Crippen LogP contribution in [0.4, 0.5) is 10.3 Å². The molecule has 0 aliphatic carbocycles. The average molecular weight is 246 g/mol. The van der Waals surface area contributed by atoms with Crippen molar-refractivity contribution in [2.45, 2.75) is 20.3 Å². The van der Waals surface area contributed by atoms with E-state index in [0.29, 0.717) is 11.5 Å². The van der Waals surface area contributed by atoms with Crippen molar-refractivity contribution in [2.24, 2.45) is 0 Å². The van der Waals surface area contributed by atoms with Gasteiger partial charge in [-0.2, -0.15) is 0 Å². The second kappa shape index (κ2) is 5.53. The van der Waals surface area contributed by atoms with Gasteiger partial charge in [0.1, 0.15) is 5.69 Å². The molecule has 0 aromatic carbocycles. The van der Waals surface area contributed by atoms with Crippen LogP contribution in [0.25, 0.3) is 11.3 Å². The van der Waals surface area contributed by atoms with Crippen molar-refractivity contribution in [1.82, 2.24) is 15.0 Å². The number of anilines is 1. The lowest BCUT2D eigenvalue weighted by Crippen LogP contribution is -2.05. The van der Waals surface area contributed by atoms with Crippen LogP contribution in [0.5, 0.6) is 0 Å². The van der Waals surface area contributed by atoms with E-state index in [9.17, 15) is 4.39 Å². The highest BCUT2D eigenvalue weighted by Gasteiger charge is 2.09. The largest absolute Gasteiger partial charge is 0.354 e. The van der Waals surface area contributed by atoms with Gasteiger partial charge in [-0.1, -0.05) is 6.92 Å². The summed E-state index contributed by atoms with van der Waals surface area (Å²) in [5.74, 6) is -0.00322. The molecule has 2 rings (SSSR count). The van der Waals surface area contributed by atoms with Gasteiger partial charge in [-0.3, -0.25) is 4.98 Å². The van der Waals surface area contributed by atoms with Gasteiger partial charge in [-0.05, 0) is 25.5 Å². The fourth-order valence-corrected chi connectivity index (χ4v) is 1.50. The molecule has 0 saturated carbocycles. The molecule has 0 aliphatic rings. The first-order chi connectivity index (χ1) is 8.70. The highest BCUT2D eigenvalue weighted by molar-refractivity contribution is 5.59. The maximum atomic E-state index is 13.7. The van der Waals surface area contributed by atoms with E-state index in [1.807, 2.05) is 19.9 Å². The van der Waals surface area contributed by atoms with Gasteiger partial charge in [-0.15, -0.1) is 0 Å². The van der Waals surface area contributed by atoms with Gasteiger partial charge >= 0.3 is 0 Å². The van der Waals surface area contributed by atoms with E-state index in [1.165, 1.54) is 6.20 Å². The van der Waals surface area contributed by atoms with Crippen LogP contribution in [0.1, 0.15) is 19.0 Å². The number of nitrogens with one attached hydrogen (secondary N) is 1. The van der Waals surface area contributed by atoms with Crippen LogP contribution in [0.15, 0.2) is 24.5 Å². The summed E-state index contributed by atoms with van der Waals surface area (Å²) in [5.41, 5.74) is 1.81. The minimum absolute atomic E-state index is 0.274. The van der Waals surface area contributed by atoms with Crippen LogP contribution < -0.4 is 5.32 Å². The molecule has 0 saturated heterocycles. The number of pyridine rings is 1. The quantitative estimate of drug-likeness (QED) is 0.901. The molecule has 0 atom stereocenters. The number of aryl methyl sites for hydroxylation is 1. The Kier molecular flexibility index (Phi) is 3.82. The molecule has 2 aromatic rings. The molecule has 0 aliphatic heterocycles. The summed E-state index contributed by atoms with van der Waals surface area (Å²) in [6, 6.07) is 3.63. The number of nitrogens with zero attached hydrogens (tertiary/aromatic N) is 3. The highest BCUT2D eigenvalue weighted by atomic mass is 19.1. The summed E-state index contributed by atoms with van der Waals surface area (Å²) in [6.07, 6.45) is 3.76. The van der Waals surface area contributed by atoms with Gasteiger partial charge in [0, 0.05) is 24.0 Å². The number of aromatic nitrogens is 3. The van der Waals surface area contributed by atoms with Crippen molar-refractivity contribution in [2.75, 3.05) is 11.9 Å². The van der Waals surface area contributed by atoms with Gasteiger partial charge in [0.15, 0.2) is 5.82 Å². The molecule has 18 heavy (non-hydrogen) atoms. The Morgan fingerprint density at radius 3 is 2.72 bits per heavy atom. The number of halogens is 1. The van der Waals surface area contributed by atoms with Crippen molar-refractivity contribution in [1.29, 1.82) is 0 Å². The van der Waals surface area contributed by atoms with Crippen molar-refractivity contribution < 1.29 is 4.39 Å². The monoisotopic (exact) mass is 246 g/mol. The number of hydrogen-bond donors (Lipinski definition) is 1. The molecule has 94 valence electrons. The van der Waals surface area contributed by atoms with E-state index in [2.05, 4.69) is 20.3 Å². The van der Waals surface area contributed by atoms with E-state index in [0.717, 1.165) is 18.7 Å². The molecule has 0 amide bonds. The molecule has 4 nitrogen and oxygen atoms in total. The predicted molar refractivity (Wildman–Crippen MR) is 68.7 cm³/mol. The topological polar surface area (TPSA) is 50.7 Å². The Morgan fingerprint density at radius 1 is 1.22 bits per heavy atom. The van der Waals surface area contributed by atoms with Crippen LogP contribution in [0.3, 0.4) is 0 Å². The van der Waals surface area contributed by atoms with Crippen molar-refractivity contribution in [3.63, 3.8) is 0 Å². The molecule has 0 radical (unpaired) electrons. The van der Waals surface area contributed by atoms with Crippen LogP contribution in [0.2, 0.25) is 0 Å². The minimum atomic E-state index is -0.442. The van der Waals surface area contributed by atoms with E-state index in [4.69, 9.17) is 0 Å². The molecule has 2 aromatic heterocycles. The summed E-state index contributed by atoms with van der Waals surface area (Å²) in [6.45, 7) is 4.69. The van der Waals surface area contributed by atoms with E-state index in [1.54, 1.807) is 12.3 Å². The smallest absolute Gasteiger partial charge is 0.223 e. The van der Waals surface area contributed by atoms with Gasteiger partial charge in [-0.25, -0.2) is 14.4 Å². The lowest BCUT2D eigenvalue weighted by molar-refractivity contribution is 0.618. The first kappa shape index (κ1) is 12.4. The van der Waals surface area contributed by atoms with Gasteiger partial charge in [0.05, 0.1) is 6.20 Å². The predicted octanol–water partition coefficient (Wildman–Crippen LogP) is 2.81. The zero-order valence-electron chi connectivity index (χ0n) is 10.4. The third-order valence-electron chi connectivity index (χ3n) is 2.46. The molecular weight excluding hydrogens is 231 g/mol. The zero-order chi connectivity index (χ0) is 13.0. The highest BCUT2D eigenvalue weighted by Crippen LogP contribution is 2.20. The summed E-state index contributed by atoms with van der Waals surface area (Å²) < 4.78 is 13.7. The Balaban J connectivity index is 2.33. The lowest BCUT2D eigenvalue weighted by atomic mass is 10.2. The van der Waals surface area contributed by atoms with Crippen LogP contribution in [0, 0.1) is 12.7 Å². The van der Waals surface area contributed by atoms with Crippen LogP contribution in [-0.2, 0) is 0 Å². The molecular formula is C13H15FN4. The van der Waals surface area contributed by atoms with Crippen molar-refractivity contribution in [3.05, 3.63) is 36.0 Å². The maximum Gasteiger partial charge on any atom is 0.223 e. The van der Waals surface area contributed by atoms with E-state index >= 15 is 0 Å². The summed E-state index contributed by atoms with van der Waals surface area (Å²) in [5, 5.41) is 3.03. The van der Waals surface area contributed by atoms with E-state index in [-0.39, 0.29) is 5.69 Å². The van der Waals surface area contributed by atoms with Gasteiger partial charge in [0.25, 0.3) is 0 Å². The van der Waals surface area contributed by atoms with Gasteiger partial charge < -0.3 is 5.32 Å². The second-order valence-electron chi connectivity index (χ2n) is 4.01. The summed E-state index contributed by atoms with van der Waals surface area (Å²) in [7, 11) is 0. The third kappa shape index (κ3) is 2.80. The minimum Gasteiger partial charge on any atom is -0.354 e. The summed E-state index contributed by atoms with van der Waals surface area (Å²) >= 11 is 0. The standard InChI is InChI=1S/C13H15FN4/c1-3-6-15-13-17-8-11(14)12(18-13)10-5-4-9(2)16-7-10/h4-5,7-8H,3,6H2,1-2H3,(H,15,17,18). The maximum absolute atomic E-state index is 13.7. The van der Waals surface area contributed by atoms with Crippen molar-refractivity contribution >= 4 is 5.95 Å². The molecule has 0 bridgehead atoms. The normalized spacial score (nSPS) is 10.4. The fraction of sp³-hybridized carbons (Fsp3) is 0.308. The molecule has 5 heteroatoms. The third-order valence-corrected chi connectivity index (χ3v) is 2.46. The molecule has 0 fully saturated rings.